The van der Waals surface area contributed by atoms with Gasteiger partial charge in [0.25, 0.3) is 5.91 Å². The highest BCUT2D eigenvalue weighted by molar-refractivity contribution is 6.04. The number of hydrogen-bond acceptors (Lipinski definition) is 1. The highest BCUT2D eigenvalue weighted by atomic mass is 19.1. The second-order valence-electron chi connectivity index (χ2n) is 4.86. The summed E-state index contributed by atoms with van der Waals surface area (Å²) in [7, 11) is 0. The second-order valence-corrected chi connectivity index (χ2v) is 4.86. The molecule has 0 saturated heterocycles. The van der Waals surface area contributed by atoms with Crippen LogP contribution in [0.1, 0.15) is 42.1 Å². The summed E-state index contributed by atoms with van der Waals surface area (Å²) < 4.78 is 13.1. The van der Waals surface area contributed by atoms with Crippen LogP contribution in [0.5, 0.6) is 0 Å². The maximum Gasteiger partial charge on any atom is 0.255 e. The van der Waals surface area contributed by atoms with Gasteiger partial charge in [-0.05, 0) is 42.2 Å². The number of nitrogens with one attached hydrogen (secondary N) is 1. The average molecular weight is 271 g/mol. The van der Waals surface area contributed by atoms with Crippen LogP contribution in [0.25, 0.3) is 0 Å². The third-order valence-electron chi connectivity index (χ3n) is 3.44. The first kappa shape index (κ1) is 14.3. The van der Waals surface area contributed by atoms with Gasteiger partial charge in [-0.2, -0.15) is 0 Å². The summed E-state index contributed by atoms with van der Waals surface area (Å²) in [6.07, 6.45) is 0.993. The molecule has 1 N–H and O–H groups in total. The molecule has 0 aromatic heterocycles. The molecule has 0 radical (unpaired) electrons. The van der Waals surface area contributed by atoms with E-state index in [0.29, 0.717) is 11.5 Å². The first-order valence-electron chi connectivity index (χ1n) is 6.77. The molecule has 0 saturated carbocycles. The van der Waals surface area contributed by atoms with Crippen molar-refractivity contribution in [2.24, 2.45) is 0 Å². The van der Waals surface area contributed by atoms with E-state index in [2.05, 4.69) is 19.2 Å². The van der Waals surface area contributed by atoms with Crippen LogP contribution < -0.4 is 5.32 Å². The minimum absolute atomic E-state index is 0.291. The van der Waals surface area contributed by atoms with Crippen molar-refractivity contribution in [1.82, 2.24) is 0 Å². The van der Waals surface area contributed by atoms with E-state index < -0.39 is 5.82 Å². The molecule has 2 aromatic carbocycles. The molecule has 2 aromatic rings. The quantitative estimate of drug-likeness (QED) is 0.865. The van der Waals surface area contributed by atoms with Crippen LogP contribution in [0, 0.1) is 5.82 Å². The average Bonchev–Trinajstić information content (AvgIpc) is 2.47. The van der Waals surface area contributed by atoms with Gasteiger partial charge < -0.3 is 5.32 Å². The lowest BCUT2D eigenvalue weighted by molar-refractivity contribution is 0.102. The number of hydrogen-bond donors (Lipinski definition) is 1. The van der Waals surface area contributed by atoms with Crippen molar-refractivity contribution in [1.29, 1.82) is 0 Å². The lowest BCUT2D eigenvalue weighted by Gasteiger charge is -2.15. The number of anilines is 1. The van der Waals surface area contributed by atoms with Gasteiger partial charge in [-0.15, -0.1) is 0 Å². The van der Waals surface area contributed by atoms with Gasteiger partial charge in [0.15, 0.2) is 0 Å². The molecule has 1 atom stereocenters. The Labute approximate surface area is 118 Å². The predicted molar refractivity (Wildman–Crippen MR) is 79.5 cm³/mol. The van der Waals surface area contributed by atoms with Gasteiger partial charge in [-0.25, -0.2) is 4.39 Å². The van der Waals surface area contributed by atoms with E-state index in [-0.39, 0.29) is 5.91 Å². The summed E-state index contributed by atoms with van der Waals surface area (Å²) in [5, 5.41) is 2.86. The third kappa shape index (κ3) is 3.23. The Hall–Kier alpha value is -2.16. The van der Waals surface area contributed by atoms with Crippen LogP contribution >= 0.6 is 0 Å². The van der Waals surface area contributed by atoms with Crippen LogP contribution in [0.15, 0.2) is 48.5 Å². The summed E-state index contributed by atoms with van der Waals surface area (Å²) in [5.41, 5.74) is 2.21. The zero-order valence-electron chi connectivity index (χ0n) is 11.7. The first-order valence-corrected chi connectivity index (χ1v) is 6.77. The Morgan fingerprint density at radius 2 is 1.95 bits per heavy atom. The molecule has 3 heteroatoms. The lowest BCUT2D eigenvalue weighted by atomic mass is 9.97. The fraction of sp³-hybridized carbons (Fsp3) is 0.235. The van der Waals surface area contributed by atoms with Crippen molar-refractivity contribution in [3.05, 3.63) is 65.5 Å². The number of amides is 1. The SMILES string of the molecule is CC[C@@H](C)c1ccccc1NC(=O)c1cccc(F)c1. The number of halogens is 1. The molecule has 0 bridgehead atoms. The van der Waals surface area contributed by atoms with E-state index in [1.165, 1.54) is 18.2 Å². The highest BCUT2D eigenvalue weighted by Gasteiger charge is 2.12. The molecule has 0 aliphatic rings. The topological polar surface area (TPSA) is 29.1 Å². The van der Waals surface area contributed by atoms with E-state index in [1.807, 2.05) is 24.3 Å². The van der Waals surface area contributed by atoms with Crippen molar-refractivity contribution in [3.8, 4) is 0 Å². The third-order valence-corrected chi connectivity index (χ3v) is 3.44. The summed E-state index contributed by atoms with van der Waals surface area (Å²) >= 11 is 0. The lowest BCUT2D eigenvalue weighted by Crippen LogP contribution is -2.14. The smallest absolute Gasteiger partial charge is 0.255 e. The van der Waals surface area contributed by atoms with Crippen LogP contribution in [-0.4, -0.2) is 5.91 Å². The van der Waals surface area contributed by atoms with Crippen molar-refractivity contribution in [3.63, 3.8) is 0 Å². The molecule has 104 valence electrons. The Bertz CT molecular complexity index is 609. The Morgan fingerprint density at radius 3 is 2.65 bits per heavy atom. The highest BCUT2D eigenvalue weighted by Crippen LogP contribution is 2.26. The maximum absolute atomic E-state index is 13.1. The zero-order valence-corrected chi connectivity index (χ0v) is 11.7. The van der Waals surface area contributed by atoms with Gasteiger partial charge in [-0.3, -0.25) is 4.79 Å². The molecule has 0 fully saturated rings. The molecule has 0 spiro atoms. The van der Waals surface area contributed by atoms with E-state index >= 15 is 0 Å². The van der Waals surface area contributed by atoms with Crippen LogP contribution in [-0.2, 0) is 0 Å². The number of para-hydroxylation sites is 1. The number of benzene rings is 2. The van der Waals surface area contributed by atoms with Gasteiger partial charge in [-0.1, -0.05) is 38.1 Å². The van der Waals surface area contributed by atoms with Crippen LogP contribution in [0.4, 0.5) is 10.1 Å². The molecule has 20 heavy (non-hydrogen) atoms. The molecule has 2 rings (SSSR count). The maximum atomic E-state index is 13.1. The van der Waals surface area contributed by atoms with Crippen molar-refractivity contribution < 1.29 is 9.18 Å². The van der Waals surface area contributed by atoms with Gasteiger partial charge in [0.05, 0.1) is 0 Å². The van der Waals surface area contributed by atoms with Crippen molar-refractivity contribution >= 4 is 11.6 Å². The Morgan fingerprint density at radius 1 is 1.20 bits per heavy atom. The molecular formula is C17H18FNO. The van der Waals surface area contributed by atoms with E-state index in [0.717, 1.165) is 17.7 Å². The summed E-state index contributed by atoms with van der Waals surface area (Å²) in [5.74, 6) is -0.341. The molecule has 0 aliphatic carbocycles. The Balaban J connectivity index is 2.24. The van der Waals surface area contributed by atoms with E-state index in [9.17, 15) is 9.18 Å². The zero-order chi connectivity index (χ0) is 14.5. The molecule has 0 aliphatic heterocycles. The Kier molecular flexibility index (Phi) is 4.51. The van der Waals surface area contributed by atoms with E-state index in [1.54, 1.807) is 6.07 Å². The molecule has 1 amide bonds. The largest absolute Gasteiger partial charge is 0.322 e. The molecular weight excluding hydrogens is 253 g/mol. The van der Waals surface area contributed by atoms with Crippen molar-refractivity contribution in [2.45, 2.75) is 26.2 Å². The first-order chi connectivity index (χ1) is 9.61. The second kappa shape index (κ2) is 6.33. The van der Waals surface area contributed by atoms with Gasteiger partial charge in [0, 0.05) is 11.3 Å². The summed E-state index contributed by atoms with van der Waals surface area (Å²) in [4.78, 5) is 12.2. The van der Waals surface area contributed by atoms with Crippen LogP contribution in [0.2, 0.25) is 0 Å². The summed E-state index contributed by atoms with van der Waals surface area (Å²) in [6, 6.07) is 13.4. The monoisotopic (exact) mass is 271 g/mol. The minimum atomic E-state index is -0.409. The minimum Gasteiger partial charge on any atom is -0.322 e. The molecule has 2 nitrogen and oxygen atoms in total. The van der Waals surface area contributed by atoms with E-state index in [4.69, 9.17) is 0 Å². The number of carbonyl (C=O) groups excluding carboxylic acids is 1. The fourth-order valence-corrected chi connectivity index (χ4v) is 2.08. The standard InChI is InChI=1S/C17H18FNO/c1-3-12(2)15-9-4-5-10-16(15)19-17(20)13-7-6-8-14(18)11-13/h4-12H,3H2,1-2H3,(H,19,20)/t12-/m1/s1. The van der Waals surface area contributed by atoms with Gasteiger partial charge in [0.1, 0.15) is 5.82 Å². The van der Waals surface area contributed by atoms with Gasteiger partial charge >= 0.3 is 0 Å². The normalized spacial score (nSPS) is 11.9. The predicted octanol–water partition coefficient (Wildman–Crippen LogP) is 4.59. The fourth-order valence-electron chi connectivity index (χ4n) is 2.08. The molecule has 0 heterocycles. The molecule has 0 unspecified atom stereocenters. The number of carbonyl (C=O) groups is 1. The van der Waals surface area contributed by atoms with Crippen molar-refractivity contribution in [2.75, 3.05) is 5.32 Å². The van der Waals surface area contributed by atoms with Gasteiger partial charge in [0.2, 0.25) is 0 Å². The van der Waals surface area contributed by atoms with Crippen LogP contribution in [0.3, 0.4) is 0 Å². The number of rotatable bonds is 4. The summed E-state index contributed by atoms with van der Waals surface area (Å²) in [6.45, 7) is 4.23.